The summed E-state index contributed by atoms with van der Waals surface area (Å²) < 4.78 is 0. The number of aromatic nitrogens is 1. The molecule has 0 atom stereocenters. The first-order valence-electron chi connectivity index (χ1n) is 4.62. The van der Waals surface area contributed by atoms with Gasteiger partial charge in [0.05, 0.1) is 11.6 Å². The summed E-state index contributed by atoms with van der Waals surface area (Å²) >= 11 is 7.17. The molecule has 16 heavy (non-hydrogen) atoms. The van der Waals surface area contributed by atoms with Gasteiger partial charge < -0.3 is 5.32 Å². The van der Waals surface area contributed by atoms with Crippen LogP contribution in [-0.4, -0.2) is 4.98 Å². The normalized spacial score (nSPS) is 9.75. The first kappa shape index (κ1) is 10.9. The smallest absolute Gasteiger partial charge is 0.184 e. The lowest BCUT2D eigenvalue weighted by atomic mass is 10.1. The van der Waals surface area contributed by atoms with E-state index in [4.69, 9.17) is 16.9 Å². The Balaban J connectivity index is 2.02. The molecule has 1 aromatic heterocycles. The Hall–Kier alpha value is -1.57. The van der Waals surface area contributed by atoms with Crippen molar-refractivity contribution in [3.8, 4) is 6.07 Å². The van der Waals surface area contributed by atoms with Crippen LogP contribution in [0.3, 0.4) is 0 Å². The Morgan fingerprint density at radius 3 is 3.06 bits per heavy atom. The van der Waals surface area contributed by atoms with Crippen molar-refractivity contribution >= 4 is 28.1 Å². The molecule has 1 N–H and O–H groups in total. The first-order chi connectivity index (χ1) is 7.78. The van der Waals surface area contributed by atoms with Gasteiger partial charge in [0.1, 0.15) is 5.15 Å². The average molecular weight is 250 g/mol. The molecule has 0 fully saturated rings. The third-order valence-electron chi connectivity index (χ3n) is 1.98. The van der Waals surface area contributed by atoms with E-state index < -0.39 is 0 Å². The van der Waals surface area contributed by atoms with Gasteiger partial charge in [-0.3, -0.25) is 0 Å². The standard InChI is InChI=1S/C11H8ClN3S/c12-10-7-16-11(15-10)14-6-9-3-1-2-8(4-9)5-13/h1-4,7H,6H2,(H,14,15). The number of rotatable bonds is 3. The Kier molecular flexibility index (Phi) is 3.40. The second-order valence-corrected chi connectivity index (χ2v) is 4.39. The van der Waals surface area contributed by atoms with E-state index in [1.54, 1.807) is 11.4 Å². The Labute approximate surface area is 102 Å². The molecule has 0 spiro atoms. The maximum absolute atomic E-state index is 8.75. The van der Waals surface area contributed by atoms with E-state index in [1.807, 2.05) is 18.2 Å². The van der Waals surface area contributed by atoms with Gasteiger partial charge in [-0.2, -0.15) is 5.26 Å². The van der Waals surface area contributed by atoms with Gasteiger partial charge >= 0.3 is 0 Å². The largest absolute Gasteiger partial charge is 0.357 e. The van der Waals surface area contributed by atoms with E-state index in [0.717, 1.165) is 10.7 Å². The van der Waals surface area contributed by atoms with E-state index in [-0.39, 0.29) is 0 Å². The van der Waals surface area contributed by atoms with Gasteiger partial charge in [-0.05, 0) is 17.7 Å². The predicted molar refractivity (Wildman–Crippen MR) is 65.6 cm³/mol. The summed E-state index contributed by atoms with van der Waals surface area (Å²) in [5.41, 5.74) is 1.71. The highest BCUT2D eigenvalue weighted by Gasteiger charge is 1.99. The van der Waals surface area contributed by atoms with Crippen LogP contribution in [-0.2, 0) is 6.54 Å². The first-order valence-corrected chi connectivity index (χ1v) is 5.87. The molecule has 0 radical (unpaired) electrons. The van der Waals surface area contributed by atoms with Crippen molar-refractivity contribution in [3.63, 3.8) is 0 Å². The molecular weight excluding hydrogens is 242 g/mol. The Morgan fingerprint density at radius 1 is 1.50 bits per heavy atom. The molecular formula is C11H8ClN3S. The zero-order chi connectivity index (χ0) is 11.4. The van der Waals surface area contributed by atoms with Crippen molar-refractivity contribution in [2.45, 2.75) is 6.54 Å². The molecule has 0 aliphatic carbocycles. The number of hydrogen-bond acceptors (Lipinski definition) is 4. The van der Waals surface area contributed by atoms with Crippen molar-refractivity contribution < 1.29 is 0 Å². The van der Waals surface area contributed by atoms with Crippen LogP contribution in [0, 0.1) is 11.3 Å². The third-order valence-corrected chi connectivity index (χ3v) is 3.10. The van der Waals surface area contributed by atoms with E-state index in [9.17, 15) is 0 Å². The summed E-state index contributed by atoms with van der Waals surface area (Å²) in [6, 6.07) is 9.57. The number of nitriles is 1. The van der Waals surface area contributed by atoms with Crippen molar-refractivity contribution in [2.24, 2.45) is 0 Å². The summed E-state index contributed by atoms with van der Waals surface area (Å²) in [5, 5.41) is 15.0. The fourth-order valence-electron chi connectivity index (χ4n) is 1.26. The second-order valence-electron chi connectivity index (χ2n) is 3.14. The highest BCUT2D eigenvalue weighted by Crippen LogP contribution is 2.19. The van der Waals surface area contributed by atoms with Crippen LogP contribution in [0.5, 0.6) is 0 Å². The van der Waals surface area contributed by atoms with Crippen molar-refractivity contribution in [3.05, 3.63) is 45.9 Å². The van der Waals surface area contributed by atoms with E-state index in [1.165, 1.54) is 11.3 Å². The predicted octanol–water partition coefficient (Wildman–Crippen LogP) is 3.28. The average Bonchev–Trinajstić information content (AvgIpc) is 2.73. The number of nitrogens with one attached hydrogen (secondary N) is 1. The zero-order valence-electron chi connectivity index (χ0n) is 8.27. The summed E-state index contributed by atoms with van der Waals surface area (Å²) in [6.45, 7) is 0.638. The molecule has 80 valence electrons. The molecule has 3 nitrogen and oxygen atoms in total. The Morgan fingerprint density at radius 2 is 2.38 bits per heavy atom. The minimum Gasteiger partial charge on any atom is -0.357 e. The lowest BCUT2D eigenvalue weighted by Crippen LogP contribution is -1.98. The molecule has 0 aliphatic heterocycles. The van der Waals surface area contributed by atoms with Crippen LogP contribution in [0.15, 0.2) is 29.6 Å². The highest BCUT2D eigenvalue weighted by molar-refractivity contribution is 7.14. The minimum absolute atomic E-state index is 0.498. The molecule has 0 aliphatic rings. The Bertz CT molecular complexity index is 530. The molecule has 0 amide bonds. The van der Waals surface area contributed by atoms with E-state index in [0.29, 0.717) is 17.3 Å². The number of hydrogen-bond donors (Lipinski definition) is 1. The monoisotopic (exact) mass is 249 g/mol. The number of anilines is 1. The van der Waals surface area contributed by atoms with Crippen LogP contribution in [0.2, 0.25) is 5.15 Å². The molecule has 1 aromatic carbocycles. The van der Waals surface area contributed by atoms with Gasteiger partial charge in [-0.1, -0.05) is 23.7 Å². The summed E-state index contributed by atoms with van der Waals surface area (Å²) in [6.07, 6.45) is 0. The topological polar surface area (TPSA) is 48.7 Å². The molecule has 2 rings (SSSR count). The lowest BCUT2D eigenvalue weighted by Gasteiger charge is -2.02. The fraction of sp³-hybridized carbons (Fsp3) is 0.0909. The molecule has 1 heterocycles. The van der Waals surface area contributed by atoms with Crippen molar-refractivity contribution in [1.29, 1.82) is 5.26 Å². The SMILES string of the molecule is N#Cc1cccc(CNc2nc(Cl)cs2)c1. The molecule has 0 unspecified atom stereocenters. The van der Waals surface area contributed by atoms with Gasteiger partial charge in [-0.15, -0.1) is 11.3 Å². The van der Waals surface area contributed by atoms with Crippen LogP contribution < -0.4 is 5.32 Å². The summed E-state index contributed by atoms with van der Waals surface area (Å²) in [4.78, 5) is 4.08. The maximum Gasteiger partial charge on any atom is 0.184 e. The van der Waals surface area contributed by atoms with Gasteiger partial charge in [-0.25, -0.2) is 4.98 Å². The van der Waals surface area contributed by atoms with E-state index in [2.05, 4.69) is 16.4 Å². The number of thiazole rings is 1. The molecule has 0 saturated carbocycles. The molecule has 2 aromatic rings. The maximum atomic E-state index is 8.75. The third kappa shape index (κ3) is 2.72. The number of halogens is 1. The quantitative estimate of drug-likeness (QED) is 0.908. The van der Waals surface area contributed by atoms with Crippen LogP contribution in [0.1, 0.15) is 11.1 Å². The van der Waals surface area contributed by atoms with Gasteiger partial charge in [0, 0.05) is 11.9 Å². The molecule has 0 bridgehead atoms. The fourth-order valence-corrected chi connectivity index (χ4v) is 2.10. The summed E-state index contributed by atoms with van der Waals surface area (Å²) in [7, 11) is 0. The van der Waals surface area contributed by atoms with Crippen molar-refractivity contribution in [2.75, 3.05) is 5.32 Å². The minimum atomic E-state index is 0.498. The number of nitrogens with zero attached hydrogens (tertiary/aromatic N) is 2. The van der Waals surface area contributed by atoms with Gasteiger partial charge in [0.15, 0.2) is 5.13 Å². The molecule has 5 heteroatoms. The number of benzene rings is 1. The van der Waals surface area contributed by atoms with Crippen LogP contribution in [0.4, 0.5) is 5.13 Å². The molecule has 0 saturated heterocycles. The summed E-state index contributed by atoms with van der Waals surface area (Å²) in [5.74, 6) is 0. The highest BCUT2D eigenvalue weighted by atomic mass is 35.5. The van der Waals surface area contributed by atoms with Gasteiger partial charge in [0.25, 0.3) is 0 Å². The van der Waals surface area contributed by atoms with Gasteiger partial charge in [0.2, 0.25) is 0 Å². The zero-order valence-corrected chi connectivity index (χ0v) is 9.85. The lowest BCUT2D eigenvalue weighted by molar-refractivity contribution is 1.13. The van der Waals surface area contributed by atoms with Crippen LogP contribution in [0.25, 0.3) is 0 Å². The van der Waals surface area contributed by atoms with Crippen molar-refractivity contribution in [1.82, 2.24) is 4.98 Å². The second kappa shape index (κ2) is 4.97. The van der Waals surface area contributed by atoms with Crippen LogP contribution >= 0.6 is 22.9 Å². The van der Waals surface area contributed by atoms with E-state index >= 15 is 0 Å².